The maximum Gasteiger partial charge on any atom is 0.337 e. The smallest absolute Gasteiger partial charge is 0.337 e. The summed E-state index contributed by atoms with van der Waals surface area (Å²) in [4.78, 5) is 11.6. The number of carbonyl (C=O) groups is 1. The van der Waals surface area contributed by atoms with E-state index in [4.69, 9.17) is 16.7 Å². The largest absolute Gasteiger partial charge is 0.478 e. The van der Waals surface area contributed by atoms with Crippen LogP contribution in [-0.2, 0) is 9.84 Å². The van der Waals surface area contributed by atoms with Crippen molar-refractivity contribution >= 4 is 39.2 Å². The number of rotatable bonds is 4. The summed E-state index contributed by atoms with van der Waals surface area (Å²) in [6.45, 7) is 0. The molecule has 110 valence electrons. The molecule has 1 aromatic rings. The average Bonchev–Trinajstić information content (AvgIpc) is 2.82. The van der Waals surface area contributed by atoms with E-state index in [0.29, 0.717) is 10.1 Å². The Labute approximate surface area is 127 Å². The van der Waals surface area contributed by atoms with Gasteiger partial charge in [0.25, 0.3) is 0 Å². The quantitative estimate of drug-likeness (QED) is 0.912. The number of hydrogen-bond acceptors (Lipinski definition) is 4. The number of thioether (sulfide) groups is 1. The fraction of sp³-hybridized carbons (Fsp3) is 0.462. The molecule has 4 nitrogen and oxygen atoms in total. The van der Waals surface area contributed by atoms with E-state index in [9.17, 15) is 13.2 Å². The second kappa shape index (κ2) is 5.95. The van der Waals surface area contributed by atoms with E-state index in [1.807, 2.05) is 0 Å². The Hall–Kier alpha value is -0.720. The molecule has 0 radical (unpaired) electrons. The van der Waals surface area contributed by atoms with Gasteiger partial charge in [-0.2, -0.15) is 0 Å². The molecule has 1 saturated carbocycles. The van der Waals surface area contributed by atoms with Crippen LogP contribution < -0.4 is 0 Å². The maximum absolute atomic E-state index is 11.8. The lowest BCUT2D eigenvalue weighted by molar-refractivity contribution is 0.0696. The highest BCUT2D eigenvalue weighted by molar-refractivity contribution is 8.01. The number of benzene rings is 1. The number of hydrogen-bond donors (Lipinski definition) is 1. The fourth-order valence-electron chi connectivity index (χ4n) is 2.28. The highest BCUT2D eigenvalue weighted by atomic mass is 35.5. The Bertz CT molecular complexity index is 634. The molecule has 1 aromatic carbocycles. The van der Waals surface area contributed by atoms with Crippen molar-refractivity contribution in [2.75, 3.05) is 6.26 Å². The molecule has 0 unspecified atom stereocenters. The van der Waals surface area contributed by atoms with Crippen LogP contribution in [0.25, 0.3) is 0 Å². The Morgan fingerprint density at radius 1 is 1.35 bits per heavy atom. The Balaban J connectivity index is 2.52. The third-order valence-corrected chi connectivity index (χ3v) is 6.52. The predicted octanol–water partition coefficient (Wildman–Crippen LogP) is 3.48. The second-order valence-corrected chi connectivity index (χ2v) is 8.53. The van der Waals surface area contributed by atoms with Gasteiger partial charge in [0.2, 0.25) is 0 Å². The van der Waals surface area contributed by atoms with Crippen LogP contribution in [-0.4, -0.2) is 31.0 Å². The highest BCUT2D eigenvalue weighted by Gasteiger charge is 2.25. The van der Waals surface area contributed by atoms with Gasteiger partial charge < -0.3 is 5.11 Å². The fourth-order valence-corrected chi connectivity index (χ4v) is 5.37. The van der Waals surface area contributed by atoms with Crippen LogP contribution in [0.15, 0.2) is 21.9 Å². The monoisotopic (exact) mass is 334 g/mol. The van der Waals surface area contributed by atoms with Crippen molar-refractivity contribution in [1.82, 2.24) is 0 Å². The minimum absolute atomic E-state index is 0.0253. The normalized spacial score (nSPS) is 16.5. The van der Waals surface area contributed by atoms with Gasteiger partial charge in [-0.15, -0.1) is 11.8 Å². The van der Waals surface area contributed by atoms with E-state index in [1.54, 1.807) is 0 Å². The number of carboxylic acids is 1. The molecule has 2 rings (SSSR count). The Morgan fingerprint density at radius 3 is 2.45 bits per heavy atom. The van der Waals surface area contributed by atoms with Crippen LogP contribution in [0.1, 0.15) is 36.0 Å². The molecule has 0 heterocycles. The van der Waals surface area contributed by atoms with Crippen molar-refractivity contribution in [2.45, 2.75) is 40.7 Å². The first-order valence-corrected chi connectivity index (χ1v) is 9.38. The van der Waals surface area contributed by atoms with E-state index in [0.717, 1.165) is 31.9 Å². The van der Waals surface area contributed by atoms with E-state index in [2.05, 4.69) is 0 Å². The van der Waals surface area contributed by atoms with Crippen molar-refractivity contribution in [3.63, 3.8) is 0 Å². The average molecular weight is 335 g/mol. The first kappa shape index (κ1) is 15.7. The van der Waals surface area contributed by atoms with Gasteiger partial charge in [0.15, 0.2) is 9.84 Å². The summed E-state index contributed by atoms with van der Waals surface area (Å²) >= 11 is 7.52. The lowest BCUT2D eigenvalue weighted by atomic mass is 10.2. The van der Waals surface area contributed by atoms with Crippen molar-refractivity contribution in [1.29, 1.82) is 0 Å². The molecular weight excluding hydrogens is 320 g/mol. The summed E-state index contributed by atoms with van der Waals surface area (Å²) in [7, 11) is -3.44. The van der Waals surface area contributed by atoms with Gasteiger partial charge in [-0.25, -0.2) is 13.2 Å². The van der Waals surface area contributed by atoms with E-state index in [1.165, 1.54) is 23.9 Å². The molecule has 0 spiro atoms. The van der Waals surface area contributed by atoms with Gasteiger partial charge in [0.1, 0.15) is 0 Å². The van der Waals surface area contributed by atoms with E-state index >= 15 is 0 Å². The summed E-state index contributed by atoms with van der Waals surface area (Å²) in [6.07, 6.45) is 5.34. The lowest BCUT2D eigenvalue weighted by Crippen LogP contribution is -2.06. The highest BCUT2D eigenvalue weighted by Crippen LogP contribution is 2.42. The minimum atomic E-state index is -3.44. The van der Waals surface area contributed by atoms with Crippen LogP contribution in [0.5, 0.6) is 0 Å². The molecule has 0 aliphatic heterocycles. The first-order chi connectivity index (χ1) is 9.30. The molecule has 0 atom stereocenters. The van der Waals surface area contributed by atoms with Crippen molar-refractivity contribution in [2.24, 2.45) is 0 Å². The zero-order valence-corrected chi connectivity index (χ0v) is 13.3. The second-order valence-electron chi connectivity index (χ2n) is 4.86. The van der Waals surface area contributed by atoms with Gasteiger partial charge in [0, 0.05) is 16.4 Å². The Kier molecular flexibility index (Phi) is 4.66. The molecule has 1 aliphatic carbocycles. The zero-order chi connectivity index (χ0) is 14.9. The molecular formula is C13H15ClO4S2. The molecule has 7 heteroatoms. The number of sulfone groups is 1. The third kappa shape index (κ3) is 3.30. The topological polar surface area (TPSA) is 71.4 Å². The molecule has 0 bridgehead atoms. The van der Waals surface area contributed by atoms with Crippen LogP contribution in [0, 0.1) is 0 Å². The van der Waals surface area contributed by atoms with Gasteiger partial charge in [-0.3, -0.25) is 0 Å². The number of halogens is 1. The van der Waals surface area contributed by atoms with E-state index < -0.39 is 15.8 Å². The lowest BCUT2D eigenvalue weighted by Gasteiger charge is -2.15. The first-order valence-electron chi connectivity index (χ1n) is 6.23. The van der Waals surface area contributed by atoms with Crippen molar-refractivity contribution < 1.29 is 18.3 Å². The maximum atomic E-state index is 11.8. The van der Waals surface area contributed by atoms with Crippen molar-refractivity contribution in [3.8, 4) is 0 Å². The van der Waals surface area contributed by atoms with Crippen molar-refractivity contribution in [3.05, 3.63) is 22.7 Å². The minimum Gasteiger partial charge on any atom is -0.478 e. The van der Waals surface area contributed by atoms with Crippen LogP contribution in [0.2, 0.25) is 5.02 Å². The summed E-state index contributed by atoms with van der Waals surface area (Å²) in [5.74, 6) is -1.15. The standard InChI is InChI=1S/C13H15ClO4S2/c1-20(17,18)10-7-6-9(13(15)16)11(14)12(10)19-8-4-2-3-5-8/h6-8H,2-5H2,1H3,(H,15,16). The SMILES string of the molecule is CS(=O)(=O)c1ccc(C(=O)O)c(Cl)c1SC1CCCC1. The summed E-state index contributed by atoms with van der Waals surface area (Å²) in [5.41, 5.74) is -0.0560. The molecule has 0 amide bonds. The number of carboxylic acid groups (broad SMARTS) is 1. The molecule has 1 N–H and O–H groups in total. The summed E-state index contributed by atoms with van der Waals surface area (Å²) in [6, 6.07) is 2.59. The van der Waals surface area contributed by atoms with Crippen LogP contribution in [0.3, 0.4) is 0 Å². The molecule has 0 aromatic heterocycles. The Morgan fingerprint density at radius 2 is 1.95 bits per heavy atom. The summed E-state index contributed by atoms with van der Waals surface area (Å²) < 4.78 is 23.7. The van der Waals surface area contributed by atoms with Gasteiger partial charge in [-0.05, 0) is 25.0 Å². The zero-order valence-electron chi connectivity index (χ0n) is 10.9. The molecule has 1 aliphatic rings. The van der Waals surface area contributed by atoms with Crippen LogP contribution in [0.4, 0.5) is 0 Å². The van der Waals surface area contributed by atoms with Crippen LogP contribution >= 0.6 is 23.4 Å². The summed E-state index contributed by atoms with van der Waals surface area (Å²) in [5, 5.41) is 9.43. The molecule has 1 fully saturated rings. The number of aromatic carboxylic acids is 1. The van der Waals surface area contributed by atoms with Gasteiger partial charge >= 0.3 is 5.97 Å². The van der Waals surface area contributed by atoms with Gasteiger partial charge in [0.05, 0.1) is 15.5 Å². The third-order valence-electron chi connectivity index (χ3n) is 3.28. The van der Waals surface area contributed by atoms with E-state index in [-0.39, 0.29) is 15.5 Å². The predicted molar refractivity (Wildman–Crippen MR) is 79.6 cm³/mol. The van der Waals surface area contributed by atoms with Gasteiger partial charge in [-0.1, -0.05) is 24.4 Å². The molecule has 0 saturated heterocycles. The molecule has 20 heavy (non-hydrogen) atoms.